The molecule has 0 heterocycles. The lowest BCUT2D eigenvalue weighted by Gasteiger charge is -2.07. The van der Waals surface area contributed by atoms with E-state index in [4.69, 9.17) is 9.47 Å². The zero-order chi connectivity index (χ0) is 13.7. The van der Waals surface area contributed by atoms with Crippen LogP contribution in [-0.4, -0.2) is 14.2 Å². The molecule has 0 spiro atoms. The lowest BCUT2D eigenvalue weighted by atomic mass is 10.2. The fraction of sp³-hybridized carbons (Fsp3) is 0.200. The first-order valence-corrected chi connectivity index (χ1v) is 7.60. The highest BCUT2D eigenvalue weighted by molar-refractivity contribution is 9.10. The predicted octanol–water partition coefficient (Wildman–Crippen LogP) is 4.76. The van der Waals surface area contributed by atoms with Crippen LogP contribution in [0.25, 0.3) is 0 Å². The molecule has 0 atom stereocenters. The van der Waals surface area contributed by atoms with E-state index in [-0.39, 0.29) is 0 Å². The fourth-order valence-corrected chi connectivity index (χ4v) is 3.07. The summed E-state index contributed by atoms with van der Waals surface area (Å²) in [6.45, 7) is 0. The maximum atomic E-state index is 5.22. The van der Waals surface area contributed by atoms with Gasteiger partial charge in [0.2, 0.25) is 0 Å². The van der Waals surface area contributed by atoms with Crippen LogP contribution in [0.1, 0.15) is 5.56 Å². The summed E-state index contributed by atoms with van der Waals surface area (Å²) >= 11 is 5.30. The van der Waals surface area contributed by atoms with E-state index < -0.39 is 0 Å². The average Bonchev–Trinajstić information content (AvgIpc) is 2.46. The van der Waals surface area contributed by atoms with Crippen molar-refractivity contribution in [2.75, 3.05) is 14.2 Å². The Morgan fingerprint density at radius 3 is 2.32 bits per heavy atom. The molecule has 0 saturated carbocycles. The van der Waals surface area contributed by atoms with Crippen molar-refractivity contribution in [3.05, 3.63) is 52.5 Å². The number of rotatable bonds is 5. The molecule has 0 unspecified atom stereocenters. The molecule has 0 radical (unpaired) electrons. The first-order chi connectivity index (χ1) is 9.22. The smallest absolute Gasteiger partial charge is 0.133 e. The van der Waals surface area contributed by atoms with Crippen molar-refractivity contribution in [1.82, 2.24) is 0 Å². The first-order valence-electron chi connectivity index (χ1n) is 5.82. The molecule has 19 heavy (non-hydrogen) atoms. The van der Waals surface area contributed by atoms with Crippen molar-refractivity contribution in [3.8, 4) is 11.5 Å². The second kappa shape index (κ2) is 6.87. The molecule has 2 nitrogen and oxygen atoms in total. The van der Waals surface area contributed by atoms with Crippen LogP contribution < -0.4 is 9.47 Å². The minimum atomic E-state index is 0.859. The second-order valence-electron chi connectivity index (χ2n) is 3.93. The Morgan fingerprint density at radius 1 is 1.00 bits per heavy atom. The first kappa shape index (κ1) is 14.3. The van der Waals surface area contributed by atoms with E-state index >= 15 is 0 Å². The Kier molecular flexibility index (Phi) is 5.16. The summed E-state index contributed by atoms with van der Waals surface area (Å²) in [5, 5.41) is 0. The van der Waals surface area contributed by atoms with Gasteiger partial charge in [-0.15, -0.1) is 11.8 Å². The Labute approximate surface area is 126 Å². The van der Waals surface area contributed by atoms with Gasteiger partial charge in [0.1, 0.15) is 11.5 Å². The molecule has 0 amide bonds. The summed E-state index contributed by atoms with van der Waals surface area (Å²) in [6, 6.07) is 14.3. The number of methoxy groups -OCH3 is 2. The standard InChI is InChI=1S/C15H15BrO2S/c1-17-12-4-6-13(7-5-12)19-10-11-3-8-15(18-2)14(16)9-11/h3-9H,10H2,1-2H3. The Bertz CT molecular complexity index is 540. The van der Waals surface area contributed by atoms with Crippen LogP contribution in [0.4, 0.5) is 0 Å². The fourth-order valence-electron chi connectivity index (χ4n) is 1.64. The van der Waals surface area contributed by atoms with E-state index in [0.29, 0.717) is 0 Å². The van der Waals surface area contributed by atoms with Gasteiger partial charge in [0.15, 0.2) is 0 Å². The summed E-state index contributed by atoms with van der Waals surface area (Å²) in [5.41, 5.74) is 1.26. The molecule has 0 aliphatic carbocycles. The van der Waals surface area contributed by atoms with E-state index in [1.165, 1.54) is 10.5 Å². The zero-order valence-electron chi connectivity index (χ0n) is 10.9. The maximum absolute atomic E-state index is 5.22. The van der Waals surface area contributed by atoms with Gasteiger partial charge in [-0.2, -0.15) is 0 Å². The van der Waals surface area contributed by atoms with Gasteiger partial charge >= 0.3 is 0 Å². The van der Waals surface area contributed by atoms with Crippen LogP contribution in [-0.2, 0) is 5.75 Å². The monoisotopic (exact) mass is 338 g/mol. The number of halogens is 1. The molecule has 0 bridgehead atoms. The number of hydrogen-bond acceptors (Lipinski definition) is 3. The Balaban J connectivity index is 1.99. The van der Waals surface area contributed by atoms with Crippen LogP contribution in [0.15, 0.2) is 51.8 Å². The van der Waals surface area contributed by atoms with Crippen molar-refractivity contribution in [2.45, 2.75) is 10.6 Å². The number of ether oxygens (including phenoxy) is 2. The molecular formula is C15H15BrO2S. The average molecular weight is 339 g/mol. The molecule has 100 valence electrons. The van der Waals surface area contributed by atoms with Gasteiger partial charge < -0.3 is 9.47 Å². The summed E-state index contributed by atoms with van der Waals surface area (Å²) in [4.78, 5) is 1.23. The Morgan fingerprint density at radius 2 is 1.74 bits per heavy atom. The molecule has 0 aliphatic rings. The van der Waals surface area contributed by atoms with Crippen molar-refractivity contribution in [3.63, 3.8) is 0 Å². The minimum absolute atomic E-state index is 0.859. The van der Waals surface area contributed by atoms with E-state index in [1.807, 2.05) is 18.2 Å². The van der Waals surface area contributed by atoms with E-state index in [9.17, 15) is 0 Å². The third kappa shape index (κ3) is 3.91. The highest BCUT2D eigenvalue weighted by Gasteiger charge is 2.02. The molecule has 0 N–H and O–H groups in total. The van der Waals surface area contributed by atoms with Crippen LogP contribution in [0.5, 0.6) is 11.5 Å². The number of benzene rings is 2. The summed E-state index contributed by atoms with van der Waals surface area (Å²) in [7, 11) is 3.35. The number of thioether (sulfide) groups is 1. The van der Waals surface area contributed by atoms with Crippen molar-refractivity contribution >= 4 is 27.7 Å². The molecule has 2 aromatic rings. The minimum Gasteiger partial charge on any atom is -0.497 e. The van der Waals surface area contributed by atoms with E-state index in [2.05, 4.69) is 40.2 Å². The van der Waals surface area contributed by atoms with E-state index in [1.54, 1.807) is 26.0 Å². The summed E-state index contributed by atoms with van der Waals surface area (Å²) in [6.07, 6.45) is 0. The third-order valence-corrected chi connectivity index (χ3v) is 4.38. The largest absolute Gasteiger partial charge is 0.497 e. The number of hydrogen-bond donors (Lipinski definition) is 0. The summed E-state index contributed by atoms with van der Waals surface area (Å²) < 4.78 is 11.4. The zero-order valence-corrected chi connectivity index (χ0v) is 13.3. The molecule has 0 aliphatic heterocycles. The molecule has 0 saturated heterocycles. The Hall–Kier alpha value is -1.13. The van der Waals surface area contributed by atoms with Gasteiger partial charge in [0, 0.05) is 10.6 Å². The second-order valence-corrected chi connectivity index (χ2v) is 5.84. The van der Waals surface area contributed by atoms with Gasteiger partial charge in [-0.1, -0.05) is 6.07 Å². The van der Waals surface area contributed by atoms with Gasteiger partial charge in [0.05, 0.1) is 18.7 Å². The molecule has 0 aromatic heterocycles. The lowest BCUT2D eigenvalue weighted by molar-refractivity contribution is 0.412. The quantitative estimate of drug-likeness (QED) is 0.732. The molecule has 2 rings (SSSR count). The van der Waals surface area contributed by atoms with E-state index in [0.717, 1.165) is 21.7 Å². The van der Waals surface area contributed by atoms with Crippen molar-refractivity contribution in [2.24, 2.45) is 0 Å². The topological polar surface area (TPSA) is 18.5 Å². The van der Waals surface area contributed by atoms with Gasteiger partial charge in [-0.25, -0.2) is 0 Å². The van der Waals surface area contributed by atoms with Crippen molar-refractivity contribution in [1.29, 1.82) is 0 Å². The van der Waals surface area contributed by atoms with Gasteiger partial charge in [0.25, 0.3) is 0 Å². The van der Waals surface area contributed by atoms with Crippen LogP contribution in [0.3, 0.4) is 0 Å². The predicted molar refractivity (Wildman–Crippen MR) is 83.2 cm³/mol. The highest BCUT2D eigenvalue weighted by Crippen LogP contribution is 2.29. The summed E-state index contributed by atoms with van der Waals surface area (Å²) in [5.74, 6) is 2.67. The lowest BCUT2D eigenvalue weighted by Crippen LogP contribution is -1.87. The third-order valence-electron chi connectivity index (χ3n) is 2.68. The van der Waals surface area contributed by atoms with Crippen LogP contribution in [0.2, 0.25) is 0 Å². The molecule has 2 aromatic carbocycles. The molecular weight excluding hydrogens is 324 g/mol. The normalized spacial score (nSPS) is 10.3. The maximum Gasteiger partial charge on any atom is 0.133 e. The molecule has 4 heteroatoms. The molecule has 0 fully saturated rings. The van der Waals surface area contributed by atoms with Crippen LogP contribution >= 0.6 is 27.7 Å². The highest BCUT2D eigenvalue weighted by atomic mass is 79.9. The van der Waals surface area contributed by atoms with Crippen molar-refractivity contribution < 1.29 is 9.47 Å². The van der Waals surface area contributed by atoms with Crippen LogP contribution in [0, 0.1) is 0 Å². The SMILES string of the molecule is COc1ccc(SCc2ccc(OC)c(Br)c2)cc1. The van der Waals surface area contributed by atoms with Gasteiger partial charge in [-0.05, 0) is 57.9 Å². The van der Waals surface area contributed by atoms with Gasteiger partial charge in [-0.3, -0.25) is 0 Å².